The van der Waals surface area contributed by atoms with Crippen LogP contribution >= 0.6 is 39.9 Å². The van der Waals surface area contributed by atoms with Gasteiger partial charge in [0.25, 0.3) is 0 Å². The normalized spacial score (nSPS) is 10.3. The Hall–Kier alpha value is -0.740. The maximum atomic E-state index is 5.89. The van der Waals surface area contributed by atoms with Gasteiger partial charge in [-0.2, -0.15) is 0 Å². The fourth-order valence-electron chi connectivity index (χ4n) is 2.25. The number of ether oxygens (including phenoxy) is 1. The van der Waals surface area contributed by atoms with Crippen molar-refractivity contribution in [2.24, 2.45) is 0 Å². The minimum absolute atomic E-state index is 0. The Morgan fingerprint density at radius 1 is 1.04 bits per heavy atom. The van der Waals surface area contributed by atoms with Crippen LogP contribution in [0.2, 0.25) is 5.02 Å². The van der Waals surface area contributed by atoms with Crippen molar-refractivity contribution in [2.45, 2.75) is 39.3 Å². The van der Waals surface area contributed by atoms with Gasteiger partial charge < -0.3 is 10.1 Å². The predicted molar refractivity (Wildman–Crippen MR) is 108 cm³/mol. The van der Waals surface area contributed by atoms with E-state index < -0.39 is 0 Å². The van der Waals surface area contributed by atoms with Crippen LogP contribution in [0.5, 0.6) is 5.75 Å². The Morgan fingerprint density at radius 3 is 2.42 bits per heavy atom. The van der Waals surface area contributed by atoms with E-state index in [4.69, 9.17) is 16.3 Å². The Kier molecular flexibility index (Phi) is 10.4. The summed E-state index contributed by atoms with van der Waals surface area (Å²) in [5.41, 5.74) is 2.36. The van der Waals surface area contributed by atoms with E-state index in [1.807, 2.05) is 30.3 Å². The van der Waals surface area contributed by atoms with E-state index in [0.717, 1.165) is 33.9 Å². The van der Waals surface area contributed by atoms with Gasteiger partial charge in [0.1, 0.15) is 12.4 Å². The van der Waals surface area contributed by atoms with Crippen molar-refractivity contribution in [3.8, 4) is 5.75 Å². The summed E-state index contributed by atoms with van der Waals surface area (Å²) in [5, 5.41) is 4.21. The zero-order chi connectivity index (χ0) is 16.5. The van der Waals surface area contributed by atoms with Crippen LogP contribution in [0.1, 0.15) is 37.3 Å². The fraction of sp³-hybridized carbons (Fsp3) is 0.368. The molecule has 0 amide bonds. The summed E-state index contributed by atoms with van der Waals surface area (Å²) in [7, 11) is 0. The summed E-state index contributed by atoms with van der Waals surface area (Å²) in [6.45, 7) is 4.71. The SMILES string of the molecule is CCCCCNCc1ccc(OCc2ccc(Cl)cc2)c(Br)c1.Cl. The molecule has 0 aliphatic heterocycles. The van der Waals surface area contributed by atoms with Crippen molar-refractivity contribution in [1.29, 1.82) is 0 Å². The molecular weight excluding hydrogens is 409 g/mol. The number of hydrogen-bond donors (Lipinski definition) is 1. The summed E-state index contributed by atoms with van der Waals surface area (Å²) in [5.74, 6) is 0.856. The topological polar surface area (TPSA) is 21.3 Å². The van der Waals surface area contributed by atoms with E-state index in [2.05, 4.69) is 40.3 Å². The number of hydrogen-bond acceptors (Lipinski definition) is 2. The van der Waals surface area contributed by atoms with Crippen molar-refractivity contribution in [2.75, 3.05) is 6.54 Å². The van der Waals surface area contributed by atoms with E-state index in [0.29, 0.717) is 6.61 Å². The molecule has 0 saturated carbocycles. The van der Waals surface area contributed by atoms with Crippen molar-refractivity contribution in [3.63, 3.8) is 0 Å². The van der Waals surface area contributed by atoms with Crippen LogP contribution in [0.25, 0.3) is 0 Å². The fourth-order valence-corrected chi connectivity index (χ4v) is 2.91. The molecule has 0 saturated heterocycles. The van der Waals surface area contributed by atoms with Gasteiger partial charge in [0.05, 0.1) is 4.47 Å². The van der Waals surface area contributed by atoms with E-state index in [9.17, 15) is 0 Å². The Bertz CT molecular complexity index is 605. The standard InChI is InChI=1S/C19H23BrClNO.ClH/c1-2-3-4-11-22-13-16-7-10-19(18(20)12-16)23-14-15-5-8-17(21)9-6-15;/h5-10,12,22H,2-4,11,13-14H2,1H3;1H. The summed E-state index contributed by atoms with van der Waals surface area (Å²) in [6, 6.07) is 13.9. The van der Waals surface area contributed by atoms with E-state index in [-0.39, 0.29) is 12.4 Å². The first-order chi connectivity index (χ1) is 11.2. The second-order valence-corrected chi connectivity index (χ2v) is 6.85. The molecule has 0 aromatic heterocycles. The molecule has 2 aromatic rings. The first-order valence-corrected chi connectivity index (χ1v) is 9.22. The lowest BCUT2D eigenvalue weighted by molar-refractivity contribution is 0.304. The van der Waals surface area contributed by atoms with Crippen molar-refractivity contribution < 1.29 is 4.74 Å². The Balaban J connectivity index is 0.00000288. The van der Waals surface area contributed by atoms with Gasteiger partial charge in [0.15, 0.2) is 0 Å². The molecule has 1 N–H and O–H groups in total. The quantitative estimate of drug-likeness (QED) is 0.464. The number of halogens is 3. The molecule has 0 aliphatic carbocycles. The largest absolute Gasteiger partial charge is 0.488 e. The number of benzene rings is 2. The molecule has 0 bridgehead atoms. The molecule has 0 radical (unpaired) electrons. The summed E-state index contributed by atoms with van der Waals surface area (Å²) in [6.07, 6.45) is 3.78. The lowest BCUT2D eigenvalue weighted by Gasteiger charge is -2.11. The van der Waals surface area contributed by atoms with Crippen LogP contribution in [-0.2, 0) is 13.2 Å². The van der Waals surface area contributed by atoms with Crippen LogP contribution in [0.3, 0.4) is 0 Å². The lowest BCUT2D eigenvalue weighted by Crippen LogP contribution is -2.14. The van der Waals surface area contributed by atoms with Gasteiger partial charge >= 0.3 is 0 Å². The van der Waals surface area contributed by atoms with Crippen LogP contribution in [-0.4, -0.2) is 6.54 Å². The van der Waals surface area contributed by atoms with Gasteiger partial charge in [-0.15, -0.1) is 12.4 Å². The van der Waals surface area contributed by atoms with Crippen LogP contribution in [0, 0.1) is 0 Å². The molecule has 0 atom stereocenters. The highest BCUT2D eigenvalue weighted by molar-refractivity contribution is 9.10. The van der Waals surface area contributed by atoms with Gasteiger partial charge in [-0.1, -0.05) is 49.6 Å². The minimum Gasteiger partial charge on any atom is -0.488 e. The van der Waals surface area contributed by atoms with Gasteiger partial charge in [-0.05, 0) is 64.3 Å². The second-order valence-electron chi connectivity index (χ2n) is 5.56. The molecular formula is C19H24BrCl2NO. The molecule has 5 heteroatoms. The van der Waals surface area contributed by atoms with Crippen molar-refractivity contribution in [3.05, 3.63) is 63.1 Å². The van der Waals surface area contributed by atoms with E-state index >= 15 is 0 Å². The average molecular weight is 433 g/mol. The smallest absolute Gasteiger partial charge is 0.134 e. The molecule has 2 nitrogen and oxygen atoms in total. The van der Waals surface area contributed by atoms with Crippen LogP contribution in [0.15, 0.2) is 46.9 Å². The first kappa shape index (κ1) is 21.3. The average Bonchev–Trinajstić information content (AvgIpc) is 2.55. The molecule has 0 fully saturated rings. The molecule has 2 rings (SSSR count). The highest BCUT2D eigenvalue weighted by atomic mass is 79.9. The second kappa shape index (κ2) is 11.8. The summed E-state index contributed by atoms with van der Waals surface area (Å²) < 4.78 is 6.85. The third-order valence-electron chi connectivity index (χ3n) is 3.59. The third kappa shape index (κ3) is 7.43. The van der Waals surface area contributed by atoms with Crippen LogP contribution < -0.4 is 10.1 Å². The predicted octanol–water partition coefficient (Wildman–Crippen LogP) is 6.38. The highest BCUT2D eigenvalue weighted by Crippen LogP contribution is 2.27. The molecule has 0 spiro atoms. The zero-order valence-electron chi connectivity index (χ0n) is 13.9. The van der Waals surface area contributed by atoms with E-state index in [1.165, 1.54) is 24.8 Å². The summed E-state index contributed by atoms with van der Waals surface area (Å²) in [4.78, 5) is 0. The maximum Gasteiger partial charge on any atom is 0.134 e. The van der Waals surface area contributed by atoms with Crippen molar-refractivity contribution in [1.82, 2.24) is 5.32 Å². The highest BCUT2D eigenvalue weighted by Gasteiger charge is 2.04. The zero-order valence-corrected chi connectivity index (χ0v) is 17.0. The molecule has 0 aliphatic rings. The molecule has 24 heavy (non-hydrogen) atoms. The lowest BCUT2D eigenvalue weighted by atomic mass is 10.2. The van der Waals surface area contributed by atoms with Crippen molar-refractivity contribution >= 4 is 39.9 Å². The molecule has 132 valence electrons. The number of rotatable bonds is 9. The first-order valence-electron chi connectivity index (χ1n) is 8.05. The number of unbranched alkanes of at least 4 members (excludes halogenated alkanes) is 2. The molecule has 0 heterocycles. The number of nitrogens with one attached hydrogen (secondary N) is 1. The maximum absolute atomic E-state index is 5.89. The van der Waals surface area contributed by atoms with Gasteiger partial charge in [-0.25, -0.2) is 0 Å². The van der Waals surface area contributed by atoms with E-state index in [1.54, 1.807) is 0 Å². The van der Waals surface area contributed by atoms with Gasteiger partial charge in [-0.3, -0.25) is 0 Å². The molecule has 0 unspecified atom stereocenters. The van der Waals surface area contributed by atoms with Gasteiger partial charge in [0, 0.05) is 11.6 Å². The monoisotopic (exact) mass is 431 g/mol. The summed E-state index contributed by atoms with van der Waals surface area (Å²) >= 11 is 9.48. The Morgan fingerprint density at radius 2 is 1.75 bits per heavy atom. The Labute approximate surface area is 164 Å². The molecule has 2 aromatic carbocycles. The van der Waals surface area contributed by atoms with Crippen LogP contribution in [0.4, 0.5) is 0 Å². The van der Waals surface area contributed by atoms with Gasteiger partial charge in [0.2, 0.25) is 0 Å². The third-order valence-corrected chi connectivity index (χ3v) is 4.46. The minimum atomic E-state index is 0.